The lowest BCUT2D eigenvalue weighted by Crippen LogP contribution is -2.44. The van der Waals surface area contributed by atoms with Crippen LogP contribution in [-0.4, -0.2) is 38.7 Å². The van der Waals surface area contributed by atoms with Gasteiger partial charge in [0, 0.05) is 19.3 Å². The van der Waals surface area contributed by atoms with E-state index in [0.29, 0.717) is 12.2 Å². The fourth-order valence-electron chi connectivity index (χ4n) is 5.01. The highest BCUT2D eigenvalue weighted by atomic mass is 16.2. The Morgan fingerprint density at radius 2 is 1.83 bits per heavy atom. The van der Waals surface area contributed by atoms with Crippen LogP contribution in [0.25, 0.3) is 16.7 Å². The molecule has 5 rings (SSSR count). The van der Waals surface area contributed by atoms with Gasteiger partial charge < -0.3 is 10.2 Å². The lowest BCUT2D eigenvalue weighted by molar-refractivity contribution is -0.125. The van der Waals surface area contributed by atoms with E-state index < -0.39 is 0 Å². The maximum absolute atomic E-state index is 13.2. The maximum Gasteiger partial charge on any atom is 0.225 e. The second-order valence-corrected chi connectivity index (χ2v) is 9.72. The van der Waals surface area contributed by atoms with Crippen molar-refractivity contribution < 1.29 is 4.79 Å². The van der Waals surface area contributed by atoms with E-state index in [2.05, 4.69) is 83.3 Å². The maximum atomic E-state index is 13.2. The van der Waals surface area contributed by atoms with Crippen LogP contribution in [0.15, 0.2) is 55.0 Å². The molecule has 35 heavy (non-hydrogen) atoms. The molecule has 4 aromatic rings. The molecule has 2 aromatic heterocycles. The Morgan fingerprint density at radius 1 is 1.06 bits per heavy atom. The molecule has 2 atom stereocenters. The van der Waals surface area contributed by atoms with E-state index in [1.54, 1.807) is 6.33 Å². The summed E-state index contributed by atoms with van der Waals surface area (Å²) < 4.78 is 1.85. The van der Waals surface area contributed by atoms with Gasteiger partial charge in [0.25, 0.3) is 0 Å². The third kappa shape index (κ3) is 4.76. The minimum absolute atomic E-state index is 0.0306. The van der Waals surface area contributed by atoms with Crippen molar-refractivity contribution in [3.05, 3.63) is 77.2 Å². The molecule has 1 N–H and O–H groups in total. The smallest absolute Gasteiger partial charge is 0.225 e. The van der Waals surface area contributed by atoms with Crippen molar-refractivity contribution in [2.24, 2.45) is 5.92 Å². The fourth-order valence-corrected chi connectivity index (χ4v) is 5.01. The molecule has 0 saturated carbocycles. The van der Waals surface area contributed by atoms with Crippen LogP contribution < -0.4 is 10.2 Å². The average Bonchev–Trinajstić information content (AvgIpc) is 3.29. The summed E-state index contributed by atoms with van der Waals surface area (Å²) in [6.07, 6.45) is 5.36. The van der Waals surface area contributed by atoms with Gasteiger partial charge in [0.05, 0.1) is 23.0 Å². The van der Waals surface area contributed by atoms with Gasteiger partial charge in [0.2, 0.25) is 5.91 Å². The largest absolute Gasteiger partial charge is 0.355 e. The molecular formula is C28H32N6O. The van der Waals surface area contributed by atoms with E-state index in [1.807, 2.05) is 23.0 Å². The zero-order valence-electron chi connectivity index (χ0n) is 20.8. The first-order chi connectivity index (χ1) is 16.9. The van der Waals surface area contributed by atoms with Gasteiger partial charge in [0.15, 0.2) is 5.65 Å². The van der Waals surface area contributed by atoms with Crippen molar-refractivity contribution in [2.75, 3.05) is 18.0 Å². The molecule has 7 heteroatoms. The Morgan fingerprint density at radius 3 is 2.60 bits per heavy atom. The molecule has 180 valence electrons. The number of aryl methyl sites for hydroxylation is 3. The summed E-state index contributed by atoms with van der Waals surface area (Å²) in [4.78, 5) is 24.4. The molecule has 1 amide bonds. The summed E-state index contributed by atoms with van der Waals surface area (Å²) in [6.45, 7) is 9.81. The molecule has 2 aromatic carbocycles. The van der Waals surface area contributed by atoms with Crippen molar-refractivity contribution in [2.45, 2.75) is 46.6 Å². The van der Waals surface area contributed by atoms with Crippen LogP contribution in [0.1, 0.15) is 48.1 Å². The molecule has 0 radical (unpaired) electrons. The van der Waals surface area contributed by atoms with E-state index in [0.717, 1.165) is 41.8 Å². The van der Waals surface area contributed by atoms with Crippen LogP contribution in [0.3, 0.4) is 0 Å². The molecule has 0 aliphatic carbocycles. The van der Waals surface area contributed by atoms with Crippen LogP contribution in [0.2, 0.25) is 0 Å². The van der Waals surface area contributed by atoms with E-state index in [9.17, 15) is 4.79 Å². The van der Waals surface area contributed by atoms with Gasteiger partial charge >= 0.3 is 0 Å². The Kier molecular flexibility index (Phi) is 6.24. The van der Waals surface area contributed by atoms with E-state index in [-0.39, 0.29) is 17.9 Å². The van der Waals surface area contributed by atoms with Gasteiger partial charge in [-0.15, -0.1) is 5.10 Å². The number of aromatic nitrogens is 4. The summed E-state index contributed by atoms with van der Waals surface area (Å²) in [5.41, 5.74) is 6.45. The number of carbonyl (C=O) groups is 1. The molecule has 1 aliphatic heterocycles. The summed E-state index contributed by atoms with van der Waals surface area (Å²) in [5.74, 6) is 0.852. The summed E-state index contributed by atoms with van der Waals surface area (Å²) in [5, 5.41) is 8.82. The summed E-state index contributed by atoms with van der Waals surface area (Å²) >= 11 is 0. The number of amides is 1. The van der Waals surface area contributed by atoms with Gasteiger partial charge in [-0.25, -0.2) is 14.6 Å². The highest BCUT2D eigenvalue weighted by Crippen LogP contribution is 2.28. The van der Waals surface area contributed by atoms with Crippen molar-refractivity contribution in [1.29, 1.82) is 0 Å². The average molecular weight is 469 g/mol. The molecule has 1 saturated heterocycles. The summed E-state index contributed by atoms with van der Waals surface area (Å²) in [6, 6.07) is 14.6. The lowest BCUT2D eigenvalue weighted by Gasteiger charge is -2.33. The Hall–Kier alpha value is -3.74. The standard InChI is InChI=1S/C28H32N6O/c1-18-7-10-23(11-8-18)34-16-25-26(32-34)29-17-30-27(25)33-13-5-6-22(15-33)28(35)31-21(4)24-12-9-19(2)14-20(24)3/h7-12,14,16-17,21-22H,5-6,13,15H2,1-4H3,(H,31,35)/t21-,22-/m1/s1. The van der Waals surface area contributed by atoms with Crippen molar-refractivity contribution in [3.63, 3.8) is 0 Å². The van der Waals surface area contributed by atoms with E-state index >= 15 is 0 Å². The SMILES string of the molecule is Cc1ccc(-n2cc3c(N4CCC[C@@H](C(=O)N[C@H](C)c5ccc(C)cc5C)C4)ncnc3n2)cc1. The van der Waals surface area contributed by atoms with Crippen molar-refractivity contribution in [3.8, 4) is 5.69 Å². The predicted molar refractivity (Wildman–Crippen MR) is 139 cm³/mol. The Bertz CT molecular complexity index is 1360. The number of anilines is 1. The highest BCUT2D eigenvalue weighted by molar-refractivity contribution is 5.87. The monoisotopic (exact) mass is 468 g/mol. The molecular weight excluding hydrogens is 436 g/mol. The molecule has 0 unspecified atom stereocenters. The zero-order chi connectivity index (χ0) is 24.5. The van der Waals surface area contributed by atoms with Crippen molar-refractivity contribution in [1.82, 2.24) is 25.1 Å². The van der Waals surface area contributed by atoms with Crippen LogP contribution in [0, 0.1) is 26.7 Å². The number of hydrogen-bond donors (Lipinski definition) is 1. The number of piperidine rings is 1. The van der Waals surface area contributed by atoms with Crippen molar-refractivity contribution >= 4 is 22.8 Å². The Labute approximate surface area is 206 Å². The molecule has 0 bridgehead atoms. The quantitative estimate of drug-likeness (QED) is 0.454. The minimum Gasteiger partial charge on any atom is -0.355 e. The van der Waals surface area contributed by atoms with Gasteiger partial charge in [-0.1, -0.05) is 41.5 Å². The summed E-state index contributed by atoms with van der Waals surface area (Å²) in [7, 11) is 0. The molecule has 3 heterocycles. The number of benzene rings is 2. The fraction of sp³-hybridized carbons (Fsp3) is 0.357. The number of hydrogen-bond acceptors (Lipinski definition) is 5. The molecule has 0 spiro atoms. The van der Waals surface area contributed by atoms with E-state index in [1.165, 1.54) is 16.7 Å². The van der Waals surface area contributed by atoms with Crippen LogP contribution in [-0.2, 0) is 4.79 Å². The minimum atomic E-state index is -0.0888. The third-order valence-corrected chi connectivity index (χ3v) is 6.94. The number of fused-ring (bicyclic) bond motifs is 1. The Balaban J connectivity index is 1.34. The predicted octanol–water partition coefficient (Wildman–Crippen LogP) is 4.83. The third-order valence-electron chi connectivity index (χ3n) is 6.94. The topological polar surface area (TPSA) is 75.9 Å². The molecule has 1 fully saturated rings. The number of nitrogens with one attached hydrogen (secondary N) is 1. The number of rotatable bonds is 5. The van der Waals surface area contributed by atoms with Gasteiger partial charge in [-0.05, 0) is 63.8 Å². The van der Waals surface area contributed by atoms with Gasteiger partial charge in [0.1, 0.15) is 12.1 Å². The first kappa shape index (κ1) is 23.0. The van der Waals surface area contributed by atoms with Crippen LogP contribution in [0.5, 0.6) is 0 Å². The molecule has 1 aliphatic rings. The first-order valence-electron chi connectivity index (χ1n) is 12.3. The molecule has 7 nitrogen and oxygen atoms in total. The first-order valence-corrected chi connectivity index (χ1v) is 12.3. The normalized spacial score (nSPS) is 16.9. The zero-order valence-corrected chi connectivity index (χ0v) is 20.8. The second-order valence-electron chi connectivity index (χ2n) is 9.72. The van der Waals surface area contributed by atoms with Gasteiger partial charge in [-0.3, -0.25) is 4.79 Å². The van der Waals surface area contributed by atoms with Crippen LogP contribution >= 0.6 is 0 Å². The lowest BCUT2D eigenvalue weighted by atomic mass is 9.95. The second kappa shape index (κ2) is 9.49. The van der Waals surface area contributed by atoms with Gasteiger partial charge in [-0.2, -0.15) is 0 Å². The van der Waals surface area contributed by atoms with E-state index in [4.69, 9.17) is 0 Å². The number of carbonyl (C=O) groups excluding carboxylic acids is 1. The highest BCUT2D eigenvalue weighted by Gasteiger charge is 2.29. The number of nitrogens with zero attached hydrogens (tertiary/aromatic N) is 5. The van der Waals surface area contributed by atoms with Crippen LogP contribution in [0.4, 0.5) is 5.82 Å².